The fourth-order valence-electron chi connectivity index (χ4n) is 2.40. The molecule has 3 aromatic rings. The summed E-state index contributed by atoms with van der Waals surface area (Å²) in [6, 6.07) is 17.9. The van der Waals surface area contributed by atoms with Gasteiger partial charge in [0.1, 0.15) is 0 Å². The molecule has 0 aliphatic heterocycles. The first-order chi connectivity index (χ1) is 12.5. The quantitative estimate of drug-likeness (QED) is 0.477. The van der Waals surface area contributed by atoms with Gasteiger partial charge in [-0.05, 0) is 43.3 Å². The Balaban J connectivity index is 1.65. The Morgan fingerprint density at radius 1 is 1.23 bits per heavy atom. The van der Waals surface area contributed by atoms with Crippen LogP contribution in [0.2, 0.25) is 0 Å². The van der Waals surface area contributed by atoms with Crippen LogP contribution in [0.3, 0.4) is 0 Å². The Bertz CT molecular complexity index is 950. The molecule has 4 nitrogen and oxygen atoms in total. The summed E-state index contributed by atoms with van der Waals surface area (Å²) in [4.78, 5) is 12.3. The van der Waals surface area contributed by atoms with Crippen molar-refractivity contribution in [1.82, 2.24) is 15.1 Å². The molecule has 134 valence electrons. The third-order valence-electron chi connectivity index (χ3n) is 3.83. The largest absolute Gasteiger partial charge is 0.351 e. The van der Waals surface area contributed by atoms with Crippen LogP contribution in [0.5, 0.6) is 0 Å². The number of hydrogen-bond donors (Lipinski definition) is 1. The smallest absolute Gasteiger partial charge is 0.233 e. The minimum atomic E-state index is -0.246. The van der Waals surface area contributed by atoms with Crippen molar-refractivity contribution in [2.75, 3.05) is 0 Å². The third-order valence-corrected chi connectivity index (χ3v) is 6.25. The van der Waals surface area contributed by atoms with Crippen molar-refractivity contribution in [2.24, 2.45) is 0 Å². The maximum absolute atomic E-state index is 12.3. The molecule has 0 fully saturated rings. The summed E-state index contributed by atoms with van der Waals surface area (Å²) in [5, 5.41) is 7.32. The van der Waals surface area contributed by atoms with E-state index >= 15 is 0 Å². The van der Waals surface area contributed by atoms with E-state index in [2.05, 4.69) is 10.4 Å². The molecule has 2 aromatic carbocycles. The van der Waals surface area contributed by atoms with Crippen LogP contribution >= 0.6 is 35.3 Å². The van der Waals surface area contributed by atoms with Crippen LogP contribution in [-0.2, 0) is 11.3 Å². The van der Waals surface area contributed by atoms with E-state index in [0.717, 1.165) is 21.2 Å². The van der Waals surface area contributed by atoms with E-state index < -0.39 is 0 Å². The van der Waals surface area contributed by atoms with E-state index in [-0.39, 0.29) is 11.2 Å². The Labute approximate surface area is 166 Å². The molecule has 0 unspecified atom stereocenters. The van der Waals surface area contributed by atoms with E-state index in [9.17, 15) is 4.79 Å². The number of carbonyl (C=O) groups excluding carboxylic acids is 1. The molecule has 3 rings (SSSR count). The maximum atomic E-state index is 12.3. The first-order valence-electron chi connectivity index (χ1n) is 8.19. The van der Waals surface area contributed by atoms with Crippen molar-refractivity contribution in [1.29, 1.82) is 0 Å². The van der Waals surface area contributed by atoms with Crippen LogP contribution in [0.1, 0.15) is 18.1 Å². The standard InChI is InChI=1S/C19H19N3OS3/c1-13-8-6-7-11-16(13)22-19(24)26-18(21-22)25-14(2)17(23)20-12-15-9-4-3-5-10-15/h3-11,14H,12H2,1-2H3,(H,20,23)/t14-/m1/s1. The summed E-state index contributed by atoms with van der Waals surface area (Å²) < 4.78 is 3.24. The number of rotatable bonds is 6. The summed E-state index contributed by atoms with van der Waals surface area (Å²) in [5.41, 5.74) is 3.17. The zero-order chi connectivity index (χ0) is 18.5. The zero-order valence-corrected chi connectivity index (χ0v) is 17.0. The number of nitrogens with zero attached hydrogens (tertiary/aromatic N) is 2. The molecule has 1 amide bonds. The second kappa shape index (κ2) is 8.62. The number of aromatic nitrogens is 2. The van der Waals surface area contributed by atoms with Crippen molar-refractivity contribution < 1.29 is 4.79 Å². The SMILES string of the molecule is Cc1ccccc1-n1nc(S[C@H](C)C(=O)NCc2ccccc2)sc1=S. The van der Waals surface area contributed by atoms with Gasteiger partial charge >= 0.3 is 0 Å². The fraction of sp³-hybridized carbons (Fsp3) is 0.211. The molecule has 7 heteroatoms. The zero-order valence-electron chi connectivity index (χ0n) is 14.5. The van der Waals surface area contributed by atoms with E-state index in [4.69, 9.17) is 12.2 Å². The number of benzene rings is 2. The number of para-hydroxylation sites is 1. The average Bonchev–Trinajstić information content (AvgIpc) is 3.00. The minimum absolute atomic E-state index is 0.0117. The van der Waals surface area contributed by atoms with E-state index in [0.29, 0.717) is 10.5 Å². The molecular formula is C19H19N3OS3. The first kappa shape index (κ1) is 18.8. The molecule has 1 N–H and O–H groups in total. The molecule has 1 heterocycles. The Kier molecular flexibility index (Phi) is 6.24. The van der Waals surface area contributed by atoms with Gasteiger partial charge in [0.2, 0.25) is 5.91 Å². The van der Waals surface area contributed by atoms with Crippen molar-refractivity contribution in [2.45, 2.75) is 30.0 Å². The molecule has 0 aliphatic carbocycles. The number of hydrogen-bond acceptors (Lipinski definition) is 5. The summed E-state index contributed by atoms with van der Waals surface area (Å²) >= 11 is 8.31. The van der Waals surface area contributed by atoms with Gasteiger partial charge in [-0.1, -0.05) is 71.6 Å². The predicted octanol–water partition coefficient (Wildman–Crippen LogP) is 4.77. The maximum Gasteiger partial charge on any atom is 0.233 e. The van der Waals surface area contributed by atoms with Gasteiger partial charge in [0, 0.05) is 6.54 Å². The molecule has 0 saturated carbocycles. The number of carbonyl (C=O) groups is 1. The summed E-state index contributed by atoms with van der Waals surface area (Å²) in [7, 11) is 0. The Morgan fingerprint density at radius 2 is 1.92 bits per heavy atom. The normalized spacial score (nSPS) is 11.9. The van der Waals surface area contributed by atoms with Crippen molar-refractivity contribution in [3.63, 3.8) is 0 Å². The van der Waals surface area contributed by atoms with Crippen LogP contribution in [-0.4, -0.2) is 20.9 Å². The van der Waals surface area contributed by atoms with Crippen LogP contribution < -0.4 is 5.32 Å². The summed E-state index contributed by atoms with van der Waals surface area (Å²) in [6.07, 6.45) is 0. The molecular weight excluding hydrogens is 382 g/mol. The molecule has 0 aliphatic rings. The lowest BCUT2D eigenvalue weighted by molar-refractivity contribution is -0.120. The number of nitrogens with one attached hydrogen (secondary N) is 1. The second-order valence-corrected chi connectivity index (χ2v) is 9.01. The van der Waals surface area contributed by atoms with E-state index in [1.807, 2.05) is 68.4 Å². The van der Waals surface area contributed by atoms with Crippen LogP contribution in [0.4, 0.5) is 0 Å². The van der Waals surface area contributed by atoms with Gasteiger partial charge in [-0.3, -0.25) is 4.79 Å². The number of thioether (sulfide) groups is 1. The highest BCUT2D eigenvalue weighted by molar-refractivity contribution is 8.02. The van der Waals surface area contributed by atoms with Crippen molar-refractivity contribution in [3.8, 4) is 5.69 Å². The molecule has 26 heavy (non-hydrogen) atoms. The lowest BCUT2D eigenvalue weighted by Crippen LogP contribution is -2.30. The van der Waals surface area contributed by atoms with Gasteiger partial charge in [-0.2, -0.15) is 0 Å². The summed E-state index contributed by atoms with van der Waals surface area (Å²) in [5.74, 6) is -0.0117. The van der Waals surface area contributed by atoms with Crippen LogP contribution in [0.25, 0.3) is 5.69 Å². The fourth-order valence-corrected chi connectivity index (χ4v) is 4.91. The predicted molar refractivity (Wildman–Crippen MR) is 111 cm³/mol. The molecule has 0 saturated heterocycles. The highest BCUT2D eigenvalue weighted by atomic mass is 32.2. The monoisotopic (exact) mass is 401 g/mol. The third kappa shape index (κ3) is 4.60. The topological polar surface area (TPSA) is 46.9 Å². The average molecular weight is 402 g/mol. The van der Waals surface area contributed by atoms with Gasteiger partial charge in [0.05, 0.1) is 10.9 Å². The lowest BCUT2D eigenvalue weighted by atomic mass is 10.2. The molecule has 0 bridgehead atoms. The van der Waals surface area contributed by atoms with Gasteiger partial charge in [0.15, 0.2) is 8.29 Å². The number of amides is 1. The van der Waals surface area contributed by atoms with Gasteiger partial charge in [0.25, 0.3) is 0 Å². The molecule has 1 aromatic heterocycles. The van der Waals surface area contributed by atoms with Gasteiger partial charge < -0.3 is 5.32 Å². The molecule has 0 spiro atoms. The number of aryl methyl sites for hydroxylation is 1. The van der Waals surface area contributed by atoms with Gasteiger partial charge in [-0.25, -0.2) is 4.68 Å². The summed E-state index contributed by atoms with van der Waals surface area (Å²) in [6.45, 7) is 4.44. The van der Waals surface area contributed by atoms with E-state index in [1.54, 1.807) is 4.68 Å². The van der Waals surface area contributed by atoms with E-state index in [1.165, 1.54) is 23.1 Å². The highest BCUT2D eigenvalue weighted by Gasteiger charge is 2.17. The Morgan fingerprint density at radius 3 is 2.65 bits per heavy atom. The molecule has 1 atom stereocenters. The molecule has 0 radical (unpaired) electrons. The minimum Gasteiger partial charge on any atom is -0.351 e. The van der Waals surface area contributed by atoms with Crippen molar-refractivity contribution >= 4 is 41.2 Å². The van der Waals surface area contributed by atoms with Crippen LogP contribution in [0, 0.1) is 10.9 Å². The van der Waals surface area contributed by atoms with Crippen molar-refractivity contribution in [3.05, 3.63) is 69.7 Å². The lowest BCUT2D eigenvalue weighted by Gasteiger charge is -2.10. The highest BCUT2D eigenvalue weighted by Crippen LogP contribution is 2.28. The first-order valence-corrected chi connectivity index (χ1v) is 10.3. The Hall–Kier alpha value is -1.96. The van der Waals surface area contributed by atoms with Crippen LogP contribution in [0.15, 0.2) is 58.9 Å². The second-order valence-electron chi connectivity index (χ2n) is 5.80. The van der Waals surface area contributed by atoms with Gasteiger partial charge in [-0.15, -0.1) is 5.10 Å².